The van der Waals surface area contributed by atoms with Gasteiger partial charge in [-0.1, -0.05) is 12.1 Å². The van der Waals surface area contributed by atoms with Crippen molar-refractivity contribution in [2.45, 2.75) is 31.3 Å². The summed E-state index contributed by atoms with van der Waals surface area (Å²) in [5.74, 6) is 0.773. The van der Waals surface area contributed by atoms with E-state index in [1.807, 2.05) is 12.1 Å². The Kier molecular flexibility index (Phi) is 5.38. The predicted molar refractivity (Wildman–Crippen MR) is 97.1 cm³/mol. The van der Waals surface area contributed by atoms with Crippen molar-refractivity contribution >= 4 is 5.97 Å². The summed E-state index contributed by atoms with van der Waals surface area (Å²) in [6, 6.07) is 14.1. The summed E-state index contributed by atoms with van der Waals surface area (Å²) in [6.45, 7) is 1.78. The first-order chi connectivity index (χ1) is 13.2. The van der Waals surface area contributed by atoms with E-state index in [4.69, 9.17) is 23.7 Å². The van der Waals surface area contributed by atoms with E-state index >= 15 is 0 Å². The Morgan fingerprint density at radius 2 is 1.78 bits per heavy atom. The van der Waals surface area contributed by atoms with Gasteiger partial charge in [0, 0.05) is 6.61 Å². The zero-order chi connectivity index (χ0) is 18.6. The molecule has 0 radical (unpaired) electrons. The van der Waals surface area contributed by atoms with E-state index < -0.39 is 5.97 Å². The van der Waals surface area contributed by atoms with Gasteiger partial charge in [0.1, 0.15) is 23.7 Å². The Bertz CT molecular complexity index is 770. The van der Waals surface area contributed by atoms with Crippen molar-refractivity contribution in [1.29, 1.82) is 0 Å². The fourth-order valence-electron chi connectivity index (χ4n) is 3.32. The maximum absolute atomic E-state index is 12.2. The highest BCUT2D eigenvalue weighted by molar-refractivity contribution is 5.91. The number of methoxy groups -OCH3 is 1. The van der Waals surface area contributed by atoms with Crippen LogP contribution >= 0.6 is 0 Å². The van der Waals surface area contributed by atoms with Gasteiger partial charge in [0.15, 0.2) is 0 Å². The van der Waals surface area contributed by atoms with Crippen LogP contribution in [-0.4, -0.2) is 44.6 Å². The van der Waals surface area contributed by atoms with E-state index in [0.29, 0.717) is 30.3 Å². The molecule has 2 aliphatic rings. The maximum atomic E-state index is 12.2. The number of carbonyl (C=O) groups excluding carboxylic acids is 1. The largest absolute Gasteiger partial charge is 0.497 e. The van der Waals surface area contributed by atoms with Crippen LogP contribution < -0.4 is 9.47 Å². The lowest BCUT2D eigenvalue weighted by Gasteiger charge is -2.16. The van der Waals surface area contributed by atoms with Crippen LogP contribution in [-0.2, 0) is 20.8 Å². The molecular formula is C21H22O6. The van der Waals surface area contributed by atoms with Crippen LogP contribution in [0.5, 0.6) is 11.5 Å². The molecule has 2 saturated heterocycles. The van der Waals surface area contributed by atoms with Gasteiger partial charge in [0.25, 0.3) is 0 Å². The Morgan fingerprint density at radius 1 is 1.04 bits per heavy atom. The third-order valence-corrected chi connectivity index (χ3v) is 4.84. The minimum absolute atomic E-state index is 0.0231. The highest BCUT2D eigenvalue weighted by Gasteiger charge is 2.42. The van der Waals surface area contributed by atoms with E-state index in [1.165, 1.54) is 0 Å². The summed E-state index contributed by atoms with van der Waals surface area (Å²) in [5, 5.41) is 0. The molecule has 4 rings (SSSR count). The van der Waals surface area contributed by atoms with Gasteiger partial charge in [-0.15, -0.1) is 0 Å². The van der Waals surface area contributed by atoms with Gasteiger partial charge in [0.05, 0.1) is 32.0 Å². The van der Waals surface area contributed by atoms with Crippen molar-refractivity contribution < 1.29 is 28.5 Å². The minimum Gasteiger partial charge on any atom is -0.497 e. The average molecular weight is 370 g/mol. The third-order valence-electron chi connectivity index (χ3n) is 4.84. The Hall–Kier alpha value is -2.41. The van der Waals surface area contributed by atoms with E-state index in [1.54, 1.807) is 43.5 Å². The normalized spacial score (nSPS) is 23.8. The second-order valence-electron chi connectivity index (χ2n) is 6.61. The van der Waals surface area contributed by atoms with Gasteiger partial charge in [-0.25, -0.2) is 4.79 Å². The van der Waals surface area contributed by atoms with Crippen LogP contribution in [0.3, 0.4) is 0 Å². The van der Waals surface area contributed by atoms with Crippen LogP contribution in [0, 0.1) is 0 Å². The van der Waals surface area contributed by atoms with Gasteiger partial charge < -0.3 is 23.7 Å². The lowest BCUT2D eigenvalue weighted by Crippen LogP contribution is -2.29. The standard InChI is InChI=1S/C21H22O6/c1-23-16-8-4-15(5-9-16)21(22)27-17-6-2-14(3-7-17)12-25-19-13-26-18-10-11-24-20(18)19/h2-9,18-20H,10-13H2,1H3. The average Bonchev–Trinajstić information content (AvgIpc) is 3.32. The number of benzene rings is 2. The molecule has 2 fully saturated rings. The Balaban J connectivity index is 1.30. The fraction of sp³-hybridized carbons (Fsp3) is 0.381. The molecule has 0 amide bonds. The molecule has 27 heavy (non-hydrogen) atoms. The molecule has 2 aromatic rings. The molecule has 0 aromatic heterocycles. The van der Waals surface area contributed by atoms with Crippen molar-refractivity contribution in [2.24, 2.45) is 0 Å². The summed E-state index contributed by atoms with van der Waals surface area (Å²) >= 11 is 0. The Morgan fingerprint density at radius 3 is 2.52 bits per heavy atom. The molecule has 6 nitrogen and oxygen atoms in total. The summed E-state index contributed by atoms with van der Waals surface area (Å²) in [7, 11) is 1.58. The van der Waals surface area contributed by atoms with Crippen molar-refractivity contribution in [1.82, 2.24) is 0 Å². The van der Waals surface area contributed by atoms with E-state index in [2.05, 4.69) is 0 Å². The second kappa shape index (κ2) is 8.08. The molecule has 0 spiro atoms. The minimum atomic E-state index is -0.408. The number of rotatable bonds is 6. The van der Waals surface area contributed by atoms with Gasteiger partial charge in [-0.2, -0.15) is 0 Å². The van der Waals surface area contributed by atoms with Crippen molar-refractivity contribution in [3.05, 3.63) is 59.7 Å². The van der Waals surface area contributed by atoms with Gasteiger partial charge in [-0.05, 0) is 48.4 Å². The summed E-state index contributed by atoms with van der Waals surface area (Å²) in [5.41, 5.74) is 1.47. The highest BCUT2D eigenvalue weighted by Crippen LogP contribution is 2.29. The van der Waals surface area contributed by atoms with E-state index in [9.17, 15) is 4.79 Å². The fourth-order valence-corrected chi connectivity index (χ4v) is 3.32. The zero-order valence-electron chi connectivity index (χ0n) is 15.1. The number of esters is 1. The predicted octanol–water partition coefficient (Wildman–Crippen LogP) is 2.99. The lowest BCUT2D eigenvalue weighted by atomic mass is 10.1. The van der Waals surface area contributed by atoms with Crippen molar-refractivity contribution in [2.75, 3.05) is 20.3 Å². The van der Waals surface area contributed by atoms with Crippen LogP contribution in [0.1, 0.15) is 22.3 Å². The monoisotopic (exact) mass is 370 g/mol. The van der Waals surface area contributed by atoms with Crippen LogP contribution in [0.25, 0.3) is 0 Å². The number of hydrogen-bond acceptors (Lipinski definition) is 6. The van der Waals surface area contributed by atoms with Crippen molar-refractivity contribution in [3.63, 3.8) is 0 Å². The molecule has 2 heterocycles. The van der Waals surface area contributed by atoms with Crippen molar-refractivity contribution in [3.8, 4) is 11.5 Å². The molecule has 0 bridgehead atoms. The first-order valence-corrected chi connectivity index (χ1v) is 9.03. The number of fused-ring (bicyclic) bond motifs is 1. The maximum Gasteiger partial charge on any atom is 0.343 e. The highest BCUT2D eigenvalue weighted by atomic mass is 16.6. The first kappa shape index (κ1) is 18.0. The quantitative estimate of drug-likeness (QED) is 0.575. The smallest absolute Gasteiger partial charge is 0.343 e. The topological polar surface area (TPSA) is 63.2 Å². The van der Waals surface area contributed by atoms with E-state index in [-0.39, 0.29) is 18.3 Å². The molecule has 2 aromatic carbocycles. The molecule has 3 atom stereocenters. The molecule has 0 saturated carbocycles. The van der Waals surface area contributed by atoms with Gasteiger partial charge in [-0.3, -0.25) is 0 Å². The molecule has 142 valence electrons. The molecule has 2 aliphatic heterocycles. The number of hydrogen-bond donors (Lipinski definition) is 0. The summed E-state index contributed by atoms with van der Waals surface area (Å²) in [6.07, 6.45) is 1.15. The molecule has 3 unspecified atom stereocenters. The number of ether oxygens (including phenoxy) is 5. The van der Waals surface area contributed by atoms with E-state index in [0.717, 1.165) is 18.6 Å². The summed E-state index contributed by atoms with van der Waals surface area (Å²) < 4.78 is 27.8. The molecule has 0 aliphatic carbocycles. The van der Waals surface area contributed by atoms with Crippen LogP contribution in [0.15, 0.2) is 48.5 Å². The SMILES string of the molecule is COc1ccc(C(=O)Oc2ccc(COC3COC4CCOC43)cc2)cc1. The third kappa shape index (κ3) is 4.13. The van der Waals surface area contributed by atoms with Gasteiger partial charge >= 0.3 is 5.97 Å². The van der Waals surface area contributed by atoms with Gasteiger partial charge in [0.2, 0.25) is 0 Å². The van der Waals surface area contributed by atoms with Crippen LogP contribution in [0.4, 0.5) is 0 Å². The number of carbonyl (C=O) groups is 1. The Labute approximate surface area is 157 Å². The first-order valence-electron chi connectivity index (χ1n) is 9.03. The molecular weight excluding hydrogens is 348 g/mol. The zero-order valence-corrected chi connectivity index (χ0v) is 15.1. The van der Waals surface area contributed by atoms with Crippen LogP contribution in [0.2, 0.25) is 0 Å². The lowest BCUT2D eigenvalue weighted by molar-refractivity contribution is -0.0385. The summed E-state index contributed by atoms with van der Waals surface area (Å²) in [4.78, 5) is 12.2. The second-order valence-corrected chi connectivity index (χ2v) is 6.61. The molecule has 6 heteroatoms. The molecule has 0 N–H and O–H groups in total.